The van der Waals surface area contributed by atoms with Crippen LogP contribution in [0.1, 0.15) is 24.2 Å². The van der Waals surface area contributed by atoms with Crippen LogP contribution >= 0.6 is 23.1 Å². The first-order valence-corrected chi connectivity index (χ1v) is 7.95. The molecular weight excluding hydrogens is 310 g/mol. The van der Waals surface area contributed by atoms with Gasteiger partial charge in [0, 0.05) is 12.5 Å². The highest BCUT2D eigenvalue weighted by Crippen LogP contribution is 2.25. The van der Waals surface area contributed by atoms with Crippen LogP contribution in [-0.4, -0.2) is 27.8 Å². The second-order valence-corrected chi connectivity index (χ2v) is 6.37. The standard InChI is InChI=1S/C13H13N3O3S2/c1-3-20-13-16-15-12(21-13)14-11(18)9-4-6-10(7-5-9)19-8(2)17/h4-7H,3H2,1-2H3,(H,14,15,18). The Morgan fingerprint density at radius 1 is 1.29 bits per heavy atom. The first-order valence-electron chi connectivity index (χ1n) is 6.14. The van der Waals surface area contributed by atoms with Gasteiger partial charge in [0.25, 0.3) is 5.91 Å². The van der Waals surface area contributed by atoms with Crippen molar-refractivity contribution in [3.63, 3.8) is 0 Å². The van der Waals surface area contributed by atoms with Crippen molar-refractivity contribution in [3.05, 3.63) is 29.8 Å². The average Bonchev–Trinajstić information content (AvgIpc) is 2.86. The van der Waals surface area contributed by atoms with Crippen molar-refractivity contribution in [2.75, 3.05) is 11.1 Å². The molecule has 0 aliphatic heterocycles. The maximum Gasteiger partial charge on any atom is 0.308 e. The summed E-state index contributed by atoms with van der Waals surface area (Å²) in [7, 11) is 0. The van der Waals surface area contributed by atoms with Gasteiger partial charge in [-0.05, 0) is 30.0 Å². The molecule has 6 nitrogen and oxygen atoms in total. The van der Waals surface area contributed by atoms with Crippen molar-refractivity contribution in [2.45, 2.75) is 18.2 Å². The van der Waals surface area contributed by atoms with Gasteiger partial charge in [-0.3, -0.25) is 14.9 Å². The lowest BCUT2D eigenvalue weighted by molar-refractivity contribution is -0.131. The third-order valence-corrected chi connectivity index (χ3v) is 4.13. The van der Waals surface area contributed by atoms with Crippen LogP contribution in [0.15, 0.2) is 28.6 Å². The Balaban J connectivity index is 2.00. The molecule has 0 saturated heterocycles. The van der Waals surface area contributed by atoms with Crippen molar-refractivity contribution in [3.8, 4) is 5.75 Å². The van der Waals surface area contributed by atoms with Gasteiger partial charge in [-0.15, -0.1) is 10.2 Å². The molecule has 2 rings (SSSR count). The molecule has 0 spiro atoms. The van der Waals surface area contributed by atoms with Crippen molar-refractivity contribution >= 4 is 40.1 Å². The fraction of sp³-hybridized carbons (Fsp3) is 0.231. The number of esters is 1. The third kappa shape index (κ3) is 4.54. The fourth-order valence-corrected chi connectivity index (χ4v) is 3.10. The van der Waals surface area contributed by atoms with Gasteiger partial charge in [-0.25, -0.2) is 0 Å². The monoisotopic (exact) mass is 323 g/mol. The van der Waals surface area contributed by atoms with E-state index in [9.17, 15) is 9.59 Å². The van der Waals surface area contributed by atoms with E-state index < -0.39 is 5.97 Å². The summed E-state index contributed by atoms with van der Waals surface area (Å²) >= 11 is 2.90. The minimum atomic E-state index is -0.401. The van der Waals surface area contributed by atoms with Crippen LogP contribution in [0, 0.1) is 0 Å². The van der Waals surface area contributed by atoms with Gasteiger partial charge in [-0.2, -0.15) is 0 Å². The zero-order valence-electron chi connectivity index (χ0n) is 11.5. The Bertz CT molecular complexity index is 640. The molecule has 2 aromatic rings. The second-order valence-electron chi connectivity index (χ2n) is 3.88. The molecule has 1 amide bonds. The molecule has 21 heavy (non-hydrogen) atoms. The van der Waals surface area contributed by atoms with E-state index in [1.165, 1.54) is 18.3 Å². The maximum absolute atomic E-state index is 12.0. The number of nitrogens with zero attached hydrogens (tertiary/aromatic N) is 2. The molecule has 0 radical (unpaired) electrons. The van der Waals surface area contributed by atoms with E-state index in [4.69, 9.17) is 4.74 Å². The predicted octanol–water partition coefficient (Wildman–Crippen LogP) is 2.83. The van der Waals surface area contributed by atoms with E-state index in [1.807, 2.05) is 6.92 Å². The number of carbonyl (C=O) groups excluding carboxylic acids is 2. The summed E-state index contributed by atoms with van der Waals surface area (Å²) in [5.41, 5.74) is 0.450. The van der Waals surface area contributed by atoms with Crippen LogP contribution < -0.4 is 10.1 Å². The molecule has 0 aliphatic rings. The number of hydrogen-bond acceptors (Lipinski definition) is 7. The number of nitrogens with one attached hydrogen (secondary N) is 1. The van der Waals surface area contributed by atoms with Crippen molar-refractivity contribution < 1.29 is 14.3 Å². The topological polar surface area (TPSA) is 81.2 Å². The number of hydrogen-bond donors (Lipinski definition) is 1. The average molecular weight is 323 g/mol. The number of carbonyl (C=O) groups is 2. The number of benzene rings is 1. The summed E-state index contributed by atoms with van der Waals surface area (Å²) in [5, 5.41) is 11.0. The van der Waals surface area contributed by atoms with Gasteiger partial charge in [0.15, 0.2) is 4.34 Å². The van der Waals surface area contributed by atoms with Crippen molar-refractivity contribution in [1.82, 2.24) is 10.2 Å². The van der Waals surface area contributed by atoms with E-state index in [1.54, 1.807) is 36.0 Å². The number of thioether (sulfide) groups is 1. The van der Waals surface area contributed by atoms with E-state index in [2.05, 4.69) is 15.5 Å². The number of amides is 1. The molecule has 110 valence electrons. The molecule has 0 unspecified atom stereocenters. The fourth-order valence-electron chi connectivity index (χ4n) is 1.45. The van der Waals surface area contributed by atoms with Crippen molar-refractivity contribution in [2.24, 2.45) is 0 Å². The van der Waals surface area contributed by atoms with Gasteiger partial charge < -0.3 is 4.74 Å². The molecule has 8 heteroatoms. The summed E-state index contributed by atoms with van der Waals surface area (Å²) in [5.74, 6) is 0.618. The van der Waals surface area contributed by atoms with E-state index in [0.29, 0.717) is 16.4 Å². The number of rotatable bonds is 5. The maximum atomic E-state index is 12.0. The number of anilines is 1. The second kappa shape index (κ2) is 7.19. The summed E-state index contributed by atoms with van der Waals surface area (Å²) in [4.78, 5) is 22.8. The minimum Gasteiger partial charge on any atom is -0.427 e. The largest absolute Gasteiger partial charge is 0.427 e. The summed E-state index contributed by atoms with van der Waals surface area (Å²) in [6.07, 6.45) is 0. The smallest absolute Gasteiger partial charge is 0.308 e. The molecule has 1 aromatic carbocycles. The zero-order valence-corrected chi connectivity index (χ0v) is 13.1. The Labute approximate surface area is 129 Å². The SMILES string of the molecule is CCSc1nnc(NC(=O)c2ccc(OC(C)=O)cc2)s1. The first-order chi connectivity index (χ1) is 10.1. The Kier molecular flexibility index (Phi) is 5.29. The molecule has 0 atom stereocenters. The highest BCUT2D eigenvalue weighted by molar-refractivity contribution is 8.01. The molecule has 1 heterocycles. The summed E-state index contributed by atoms with van der Waals surface area (Å²) in [6.45, 7) is 3.34. The van der Waals surface area contributed by atoms with Gasteiger partial charge in [0.2, 0.25) is 5.13 Å². The number of ether oxygens (including phenoxy) is 1. The van der Waals surface area contributed by atoms with Gasteiger partial charge in [-0.1, -0.05) is 30.0 Å². The third-order valence-electron chi connectivity index (χ3n) is 2.27. The Morgan fingerprint density at radius 3 is 2.62 bits per heavy atom. The van der Waals surface area contributed by atoms with Crippen LogP contribution in [0.4, 0.5) is 5.13 Å². The van der Waals surface area contributed by atoms with E-state index in [-0.39, 0.29) is 5.91 Å². The van der Waals surface area contributed by atoms with Crippen LogP contribution in [-0.2, 0) is 4.79 Å². The lowest BCUT2D eigenvalue weighted by Crippen LogP contribution is -2.11. The Hall–Kier alpha value is -1.93. The lowest BCUT2D eigenvalue weighted by atomic mass is 10.2. The summed E-state index contributed by atoms with van der Waals surface area (Å²) < 4.78 is 5.72. The highest BCUT2D eigenvalue weighted by atomic mass is 32.2. The van der Waals surface area contributed by atoms with Gasteiger partial charge >= 0.3 is 5.97 Å². The van der Waals surface area contributed by atoms with Crippen LogP contribution in [0.5, 0.6) is 5.75 Å². The molecular formula is C13H13N3O3S2. The summed E-state index contributed by atoms with van der Waals surface area (Å²) in [6, 6.07) is 6.29. The lowest BCUT2D eigenvalue weighted by Gasteiger charge is -2.03. The van der Waals surface area contributed by atoms with Crippen molar-refractivity contribution in [1.29, 1.82) is 0 Å². The van der Waals surface area contributed by atoms with Crippen LogP contribution in [0.25, 0.3) is 0 Å². The predicted molar refractivity (Wildman–Crippen MR) is 82.0 cm³/mol. The normalized spacial score (nSPS) is 10.2. The molecule has 1 aromatic heterocycles. The molecule has 0 aliphatic carbocycles. The molecule has 1 N–H and O–H groups in total. The van der Waals surface area contributed by atoms with Crippen LogP contribution in [0.2, 0.25) is 0 Å². The molecule has 0 saturated carbocycles. The van der Waals surface area contributed by atoms with E-state index >= 15 is 0 Å². The van der Waals surface area contributed by atoms with Gasteiger partial charge in [0.05, 0.1) is 0 Å². The quantitative estimate of drug-likeness (QED) is 0.394. The molecule has 0 bridgehead atoms. The molecule has 0 fully saturated rings. The zero-order chi connectivity index (χ0) is 15.2. The first kappa shape index (κ1) is 15.5. The van der Waals surface area contributed by atoms with Crippen LogP contribution in [0.3, 0.4) is 0 Å². The minimum absolute atomic E-state index is 0.284. The van der Waals surface area contributed by atoms with E-state index in [0.717, 1.165) is 10.1 Å². The Morgan fingerprint density at radius 2 is 2.00 bits per heavy atom. The van der Waals surface area contributed by atoms with Gasteiger partial charge in [0.1, 0.15) is 5.75 Å². The number of aromatic nitrogens is 2. The highest BCUT2D eigenvalue weighted by Gasteiger charge is 2.10.